The van der Waals surface area contributed by atoms with Crippen LogP contribution in [0.25, 0.3) is 0 Å². The van der Waals surface area contributed by atoms with Crippen molar-refractivity contribution in [3.63, 3.8) is 0 Å². The van der Waals surface area contributed by atoms with Gasteiger partial charge in [-0.1, -0.05) is 64.9 Å². The molecule has 130 valence electrons. The maximum absolute atomic E-state index is 12.1. The smallest absolute Gasteiger partial charge is 0.244 e. The van der Waals surface area contributed by atoms with E-state index in [9.17, 15) is 4.79 Å². The van der Waals surface area contributed by atoms with Gasteiger partial charge in [-0.2, -0.15) is 0 Å². The minimum Gasteiger partial charge on any atom is -0.347 e. The standard InChI is InChI=1S/C19H38N2O/c1-6-8-10-11-12-16-19(3,15-9-7-2)20-18(22)14-13-17-21(4)5/h13-14H,6-12,15-17H2,1-5H3,(H,20,22)/b14-13+. The third-order valence-electron chi connectivity index (χ3n) is 4.08. The highest BCUT2D eigenvalue weighted by Crippen LogP contribution is 2.22. The summed E-state index contributed by atoms with van der Waals surface area (Å²) in [5.74, 6) is 0.0500. The topological polar surface area (TPSA) is 32.3 Å². The van der Waals surface area contributed by atoms with Crippen LogP contribution in [0.4, 0.5) is 0 Å². The molecule has 22 heavy (non-hydrogen) atoms. The average molecular weight is 311 g/mol. The van der Waals surface area contributed by atoms with Gasteiger partial charge in [0.15, 0.2) is 0 Å². The molecule has 1 unspecified atom stereocenters. The van der Waals surface area contributed by atoms with E-state index in [1.165, 1.54) is 44.9 Å². The predicted octanol–water partition coefficient (Wildman–Crippen LogP) is 4.53. The molecule has 0 rings (SSSR count). The molecule has 1 amide bonds. The summed E-state index contributed by atoms with van der Waals surface area (Å²) in [5.41, 5.74) is -0.0538. The number of hydrogen-bond acceptors (Lipinski definition) is 2. The van der Waals surface area contributed by atoms with Crippen LogP contribution in [-0.2, 0) is 4.79 Å². The fourth-order valence-corrected chi connectivity index (χ4v) is 2.65. The van der Waals surface area contributed by atoms with E-state index in [1.807, 2.05) is 25.1 Å². The number of carbonyl (C=O) groups excluding carboxylic acids is 1. The molecule has 0 saturated carbocycles. The van der Waals surface area contributed by atoms with Gasteiger partial charge in [0.05, 0.1) is 0 Å². The molecule has 0 aliphatic rings. The number of amides is 1. The second-order valence-electron chi connectivity index (χ2n) is 6.98. The van der Waals surface area contributed by atoms with Gasteiger partial charge >= 0.3 is 0 Å². The molecule has 0 bridgehead atoms. The Bertz CT molecular complexity index is 313. The molecule has 0 aliphatic carbocycles. The molecule has 0 fully saturated rings. The van der Waals surface area contributed by atoms with E-state index in [4.69, 9.17) is 0 Å². The third-order valence-corrected chi connectivity index (χ3v) is 4.08. The van der Waals surface area contributed by atoms with Crippen LogP contribution in [0.1, 0.15) is 78.6 Å². The van der Waals surface area contributed by atoms with E-state index in [1.54, 1.807) is 6.08 Å². The van der Waals surface area contributed by atoms with Crippen LogP contribution >= 0.6 is 0 Å². The number of nitrogens with zero attached hydrogens (tertiary/aromatic N) is 1. The van der Waals surface area contributed by atoms with Crippen LogP contribution < -0.4 is 5.32 Å². The molecule has 1 N–H and O–H groups in total. The maximum Gasteiger partial charge on any atom is 0.244 e. The van der Waals surface area contributed by atoms with Crippen molar-refractivity contribution in [2.45, 2.75) is 84.1 Å². The summed E-state index contributed by atoms with van der Waals surface area (Å²) < 4.78 is 0. The average Bonchev–Trinajstić information content (AvgIpc) is 2.44. The Morgan fingerprint density at radius 3 is 2.18 bits per heavy atom. The number of carbonyl (C=O) groups is 1. The van der Waals surface area contributed by atoms with Crippen molar-refractivity contribution in [3.8, 4) is 0 Å². The van der Waals surface area contributed by atoms with Crippen molar-refractivity contribution >= 4 is 5.91 Å². The van der Waals surface area contributed by atoms with E-state index in [0.29, 0.717) is 0 Å². The Morgan fingerprint density at radius 1 is 1.00 bits per heavy atom. The first kappa shape index (κ1) is 21.2. The molecule has 3 heteroatoms. The van der Waals surface area contributed by atoms with E-state index < -0.39 is 0 Å². The fourth-order valence-electron chi connectivity index (χ4n) is 2.65. The van der Waals surface area contributed by atoms with Crippen LogP contribution in [0.3, 0.4) is 0 Å². The molecule has 0 aliphatic heterocycles. The first-order valence-corrected chi connectivity index (χ1v) is 9.07. The highest BCUT2D eigenvalue weighted by molar-refractivity contribution is 5.88. The SMILES string of the molecule is CCCCCCCC(C)(CCCC)NC(=O)/C=C/CN(C)C. The Morgan fingerprint density at radius 2 is 1.59 bits per heavy atom. The Labute approximate surface area is 138 Å². The van der Waals surface area contributed by atoms with E-state index >= 15 is 0 Å². The lowest BCUT2D eigenvalue weighted by Crippen LogP contribution is -2.45. The second kappa shape index (κ2) is 12.7. The zero-order chi connectivity index (χ0) is 16.8. The summed E-state index contributed by atoms with van der Waals surface area (Å²) in [5, 5.41) is 3.25. The molecule has 0 aromatic rings. The first-order valence-electron chi connectivity index (χ1n) is 9.07. The van der Waals surface area contributed by atoms with E-state index in [2.05, 4.69) is 26.1 Å². The van der Waals surface area contributed by atoms with Crippen LogP contribution in [0.2, 0.25) is 0 Å². The van der Waals surface area contributed by atoms with Crippen molar-refractivity contribution in [3.05, 3.63) is 12.2 Å². The van der Waals surface area contributed by atoms with Gasteiger partial charge in [-0.25, -0.2) is 0 Å². The predicted molar refractivity (Wildman–Crippen MR) is 97.1 cm³/mol. The van der Waals surface area contributed by atoms with Crippen LogP contribution in [-0.4, -0.2) is 37.0 Å². The number of nitrogens with one attached hydrogen (secondary N) is 1. The largest absolute Gasteiger partial charge is 0.347 e. The number of hydrogen-bond donors (Lipinski definition) is 1. The molecule has 0 aromatic carbocycles. The summed E-state index contributed by atoms with van der Waals surface area (Å²) >= 11 is 0. The van der Waals surface area contributed by atoms with Crippen molar-refractivity contribution in [2.75, 3.05) is 20.6 Å². The Hall–Kier alpha value is -0.830. The van der Waals surface area contributed by atoms with Gasteiger partial charge in [0.25, 0.3) is 0 Å². The van der Waals surface area contributed by atoms with Crippen LogP contribution in [0.15, 0.2) is 12.2 Å². The summed E-state index contributed by atoms with van der Waals surface area (Å²) in [6, 6.07) is 0. The summed E-state index contributed by atoms with van der Waals surface area (Å²) in [6.45, 7) is 7.46. The molecule has 1 atom stereocenters. The number of unbranched alkanes of at least 4 members (excludes halogenated alkanes) is 5. The maximum atomic E-state index is 12.1. The fraction of sp³-hybridized carbons (Fsp3) is 0.842. The normalized spacial score (nSPS) is 14.5. The molecule has 0 heterocycles. The van der Waals surface area contributed by atoms with Gasteiger partial charge in [-0.3, -0.25) is 4.79 Å². The molecular formula is C19H38N2O. The minimum absolute atomic E-state index is 0.0500. The van der Waals surface area contributed by atoms with Crippen molar-refractivity contribution < 1.29 is 4.79 Å². The van der Waals surface area contributed by atoms with Gasteiger partial charge in [0.1, 0.15) is 0 Å². The van der Waals surface area contributed by atoms with Crippen molar-refractivity contribution in [1.82, 2.24) is 10.2 Å². The van der Waals surface area contributed by atoms with E-state index in [-0.39, 0.29) is 11.4 Å². The van der Waals surface area contributed by atoms with Gasteiger partial charge in [-0.15, -0.1) is 0 Å². The number of likely N-dealkylation sites (N-methyl/N-ethyl adjacent to an activating group) is 1. The zero-order valence-electron chi connectivity index (χ0n) is 15.6. The molecule has 0 radical (unpaired) electrons. The van der Waals surface area contributed by atoms with Crippen molar-refractivity contribution in [1.29, 1.82) is 0 Å². The first-order chi connectivity index (χ1) is 10.4. The third kappa shape index (κ3) is 11.8. The monoisotopic (exact) mass is 310 g/mol. The quantitative estimate of drug-likeness (QED) is 0.400. The van der Waals surface area contributed by atoms with Crippen LogP contribution in [0.5, 0.6) is 0 Å². The number of rotatable bonds is 13. The van der Waals surface area contributed by atoms with Crippen LogP contribution in [0, 0.1) is 0 Å². The lowest BCUT2D eigenvalue weighted by molar-refractivity contribution is -0.118. The molecule has 3 nitrogen and oxygen atoms in total. The second-order valence-corrected chi connectivity index (χ2v) is 6.98. The molecular weight excluding hydrogens is 272 g/mol. The van der Waals surface area contributed by atoms with Gasteiger partial charge in [0, 0.05) is 18.2 Å². The molecule has 0 spiro atoms. The molecule has 0 saturated heterocycles. The summed E-state index contributed by atoms with van der Waals surface area (Å²) in [4.78, 5) is 14.2. The Balaban J connectivity index is 4.33. The van der Waals surface area contributed by atoms with E-state index in [0.717, 1.165) is 19.4 Å². The lowest BCUT2D eigenvalue weighted by Gasteiger charge is -2.31. The highest BCUT2D eigenvalue weighted by Gasteiger charge is 2.24. The summed E-state index contributed by atoms with van der Waals surface area (Å²) in [6.07, 6.45) is 14.5. The Kier molecular flexibility index (Phi) is 12.2. The molecule has 0 aromatic heterocycles. The summed E-state index contributed by atoms with van der Waals surface area (Å²) in [7, 11) is 4.01. The minimum atomic E-state index is -0.0538. The lowest BCUT2D eigenvalue weighted by atomic mass is 9.88. The van der Waals surface area contributed by atoms with Gasteiger partial charge < -0.3 is 10.2 Å². The highest BCUT2D eigenvalue weighted by atomic mass is 16.1. The van der Waals surface area contributed by atoms with Gasteiger partial charge in [-0.05, 0) is 33.9 Å². The van der Waals surface area contributed by atoms with Crippen molar-refractivity contribution in [2.24, 2.45) is 0 Å². The zero-order valence-corrected chi connectivity index (χ0v) is 15.6. The van der Waals surface area contributed by atoms with Gasteiger partial charge in [0.2, 0.25) is 5.91 Å².